The Bertz CT molecular complexity index is 299. The second-order valence-electron chi connectivity index (χ2n) is 6.12. The normalized spacial score (nSPS) is 21.0. The van der Waals surface area contributed by atoms with Gasteiger partial charge in [-0.1, -0.05) is 57.6 Å². The van der Waals surface area contributed by atoms with Gasteiger partial charge in [-0.25, -0.2) is 0 Å². The van der Waals surface area contributed by atoms with Crippen molar-refractivity contribution in [3.8, 4) is 0 Å². The molecule has 2 atom stereocenters. The summed E-state index contributed by atoms with van der Waals surface area (Å²) in [5.74, 6) is -0.673. The zero-order valence-corrected chi connectivity index (χ0v) is 13.6. The smallest absolute Gasteiger partial charge is 0.303 e. The van der Waals surface area contributed by atoms with Crippen LogP contribution in [0.2, 0.25) is 0 Å². The molecular formula is C18H32O3. The van der Waals surface area contributed by atoms with Crippen molar-refractivity contribution < 1.29 is 14.6 Å². The molecule has 1 rings (SSSR count). The van der Waals surface area contributed by atoms with Crippen molar-refractivity contribution in [2.45, 2.75) is 96.2 Å². The first-order valence-electron chi connectivity index (χ1n) is 8.76. The summed E-state index contributed by atoms with van der Waals surface area (Å²) < 4.78 is 5.66. The van der Waals surface area contributed by atoms with Crippen molar-refractivity contribution in [1.82, 2.24) is 0 Å². The van der Waals surface area contributed by atoms with Crippen molar-refractivity contribution in [1.29, 1.82) is 0 Å². The summed E-state index contributed by atoms with van der Waals surface area (Å²) >= 11 is 0. The van der Waals surface area contributed by atoms with Gasteiger partial charge in [-0.2, -0.15) is 0 Å². The first-order valence-corrected chi connectivity index (χ1v) is 8.76. The lowest BCUT2D eigenvalue weighted by Crippen LogP contribution is -1.93. The van der Waals surface area contributed by atoms with Crippen LogP contribution in [0.5, 0.6) is 0 Å². The molecule has 122 valence electrons. The molecule has 0 amide bonds. The van der Waals surface area contributed by atoms with Gasteiger partial charge in [0.25, 0.3) is 0 Å². The maximum Gasteiger partial charge on any atom is 0.303 e. The summed E-state index contributed by atoms with van der Waals surface area (Å²) in [6.45, 7) is 2.24. The van der Waals surface area contributed by atoms with Gasteiger partial charge in [-0.3, -0.25) is 4.79 Å². The Balaban J connectivity index is 1.81. The molecule has 0 saturated carbocycles. The summed E-state index contributed by atoms with van der Waals surface area (Å²) in [4.78, 5) is 10.3. The molecule has 1 aliphatic heterocycles. The molecule has 1 aliphatic rings. The van der Waals surface area contributed by atoms with E-state index in [9.17, 15) is 4.79 Å². The Morgan fingerprint density at radius 3 is 2.52 bits per heavy atom. The first-order chi connectivity index (χ1) is 10.2. The van der Waals surface area contributed by atoms with E-state index in [1.54, 1.807) is 0 Å². The van der Waals surface area contributed by atoms with Crippen LogP contribution < -0.4 is 0 Å². The van der Waals surface area contributed by atoms with Crippen LogP contribution in [0.3, 0.4) is 0 Å². The van der Waals surface area contributed by atoms with Crippen molar-refractivity contribution in [3.05, 3.63) is 12.2 Å². The van der Waals surface area contributed by atoms with Crippen LogP contribution in [0.1, 0.15) is 84.0 Å². The van der Waals surface area contributed by atoms with Crippen LogP contribution >= 0.6 is 0 Å². The molecule has 0 aromatic heterocycles. The summed E-state index contributed by atoms with van der Waals surface area (Å²) in [6.07, 6.45) is 18.7. The number of aliphatic carboxylic acids is 1. The van der Waals surface area contributed by atoms with Crippen molar-refractivity contribution in [2.75, 3.05) is 0 Å². The van der Waals surface area contributed by atoms with Gasteiger partial charge in [-0.15, -0.1) is 0 Å². The van der Waals surface area contributed by atoms with E-state index in [0.29, 0.717) is 18.6 Å². The quantitative estimate of drug-likeness (QED) is 0.276. The molecule has 0 aliphatic carbocycles. The number of rotatable bonds is 14. The Morgan fingerprint density at radius 1 is 1.00 bits per heavy atom. The zero-order chi connectivity index (χ0) is 15.3. The fourth-order valence-electron chi connectivity index (χ4n) is 2.65. The summed E-state index contributed by atoms with van der Waals surface area (Å²) in [5, 5.41) is 8.52. The second kappa shape index (κ2) is 11.8. The molecular weight excluding hydrogens is 264 g/mol. The van der Waals surface area contributed by atoms with Gasteiger partial charge < -0.3 is 9.84 Å². The SMILES string of the molecule is CCCCC[C@H]1O[C@H]1C/C=C/CCCCCCCC(=O)O. The van der Waals surface area contributed by atoms with Gasteiger partial charge in [0.05, 0.1) is 12.2 Å². The summed E-state index contributed by atoms with van der Waals surface area (Å²) in [5.41, 5.74) is 0. The number of hydrogen-bond donors (Lipinski definition) is 1. The van der Waals surface area contributed by atoms with Crippen LogP contribution in [-0.2, 0) is 9.53 Å². The Labute approximate surface area is 129 Å². The van der Waals surface area contributed by atoms with E-state index in [4.69, 9.17) is 9.84 Å². The number of carboxylic acid groups (broad SMARTS) is 1. The monoisotopic (exact) mass is 296 g/mol. The number of ether oxygens (including phenoxy) is 1. The predicted molar refractivity (Wildman–Crippen MR) is 86.5 cm³/mol. The minimum atomic E-state index is -0.673. The number of epoxide rings is 1. The molecule has 0 bridgehead atoms. The lowest BCUT2D eigenvalue weighted by molar-refractivity contribution is -0.137. The zero-order valence-electron chi connectivity index (χ0n) is 13.6. The third kappa shape index (κ3) is 10.5. The fraction of sp³-hybridized carbons (Fsp3) is 0.833. The highest BCUT2D eigenvalue weighted by Gasteiger charge is 2.36. The number of carbonyl (C=O) groups is 1. The molecule has 0 spiro atoms. The molecule has 0 aromatic carbocycles. The Hall–Kier alpha value is -0.830. The van der Waals surface area contributed by atoms with Crippen LogP contribution in [-0.4, -0.2) is 23.3 Å². The Morgan fingerprint density at radius 2 is 1.76 bits per heavy atom. The number of carboxylic acids is 1. The largest absolute Gasteiger partial charge is 0.481 e. The number of hydrogen-bond acceptors (Lipinski definition) is 2. The summed E-state index contributed by atoms with van der Waals surface area (Å²) in [6, 6.07) is 0. The molecule has 1 saturated heterocycles. The van der Waals surface area contributed by atoms with E-state index in [-0.39, 0.29) is 0 Å². The standard InChI is InChI=1S/C18H32O3/c1-2-3-10-13-16-17(21-16)14-11-8-6-4-5-7-9-12-15-18(19)20/h8,11,16-17H,2-7,9-10,12-15H2,1H3,(H,19,20)/b11-8+/t16-,17+/m1/s1. The lowest BCUT2D eigenvalue weighted by Gasteiger charge is -1.98. The van der Waals surface area contributed by atoms with Crippen molar-refractivity contribution >= 4 is 5.97 Å². The lowest BCUT2D eigenvalue weighted by atomic mass is 10.1. The highest BCUT2D eigenvalue weighted by molar-refractivity contribution is 5.66. The molecule has 0 unspecified atom stereocenters. The number of unbranched alkanes of at least 4 members (excludes halogenated alkanes) is 7. The molecule has 21 heavy (non-hydrogen) atoms. The van der Waals surface area contributed by atoms with Crippen molar-refractivity contribution in [3.63, 3.8) is 0 Å². The van der Waals surface area contributed by atoms with Crippen molar-refractivity contribution in [2.24, 2.45) is 0 Å². The molecule has 1 heterocycles. The third-order valence-electron chi connectivity index (χ3n) is 4.08. The van der Waals surface area contributed by atoms with Crippen LogP contribution in [0.25, 0.3) is 0 Å². The van der Waals surface area contributed by atoms with E-state index in [0.717, 1.165) is 32.1 Å². The second-order valence-corrected chi connectivity index (χ2v) is 6.12. The molecule has 0 radical (unpaired) electrons. The highest BCUT2D eigenvalue weighted by Crippen LogP contribution is 2.30. The maximum atomic E-state index is 10.3. The molecule has 3 heteroatoms. The molecule has 1 N–H and O–H groups in total. The van der Waals surface area contributed by atoms with Gasteiger partial charge in [0.2, 0.25) is 0 Å². The maximum absolute atomic E-state index is 10.3. The van der Waals surface area contributed by atoms with Gasteiger partial charge in [0, 0.05) is 6.42 Å². The van der Waals surface area contributed by atoms with Gasteiger partial charge >= 0.3 is 5.97 Å². The highest BCUT2D eigenvalue weighted by atomic mass is 16.6. The van der Waals surface area contributed by atoms with Gasteiger partial charge in [0.15, 0.2) is 0 Å². The molecule has 1 fully saturated rings. The minimum absolute atomic E-state index is 0.320. The first kappa shape index (κ1) is 18.2. The van der Waals surface area contributed by atoms with Crippen LogP contribution in [0, 0.1) is 0 Å². The molecule has 0 aromatic rings. The Kier molecular flexibility index (Phi) is 10.2. The van der Waals surface area contributed by atoms with E-state index in [1.807, 2.05) is 0 Å². The fourth-order valence-corrected chi connectivity index (χ4v) is 2.65. The molecule has 3 nitrogen and oxygen atoms in total. The minimum Gasteiger partial charge on any atom is -0.481 e. The van der Waals surface area contributed by atoms with Gasteiger partial charge in [0.1, 0.15) is 0 Å². The van der Waals surface area contributed by atoms with E-state index < -0.39 is 5.97 Å². The summed E-state index contributed by atoms with van der Waals surface area (Å²) in [7, 11) is 0. The van der Waals surface area contributed by atoms with E-state index in [1.165, 1.54) is 38.5 Å². The van der Waals surface area contributed by atoms with E-state index >= 15 is 0 Å². The van der Waals surface area contributed by atoms with Crippen LogP contribution in [0.4, 0.5) is 0 Å². The number of allylic oxidation sites excluding steroid dienone is 1. The predicted octanol–water partition coefficient (Wildman–Crippen LogP) is 5.10. The topological polar surface area (TPSA) is 49.8 Å². The average Bonchev–Trinajstić information content (AvgIpc) is 3.19. The van der Waals surface area contributed by atoms with E-state index in [2.05, 4.69) is 19.1 Å². The van der Waals surface area contributed by atoms with Gasteiger partial charge in [-0.05, 0) is 32.1 Å². The average molecular weight is 296 g/mol. The van der Waals surface area contributed by atoms with Crippen LogP contribution in [0.15, 0.2) is 12.2 Å². The third-order valence-corrected chi connectivity index (χ3v) is 4.08.